The van der Waals surface area contributed by atoms with Crippen LogP contribution >= 0.6 is 0 Å². The lowest BCUT2D eigenvalue weighted by Crippen LogP contribution is -2.51. The molecule has 0 aromatic carbocycles. The SMILES string of the molecule is CCCC=C1[C@@H](O[Si](C)(C)C(C)(C)C)CC(=O)C[C@H]1O[Si](C)(C)C(C)(C)C. The molecule has 0 amide bonds. The quantitative estimate of drug-likeness (QED) is 0.353. The molecule has 158 valence electrons. The third-order valence-corrected chi connectivity index (χ3v) is 15.7. The summed E-state index contributed by atoms with van der Waals surface area (Å²) in [6.07, 6.45) is 5.18. The van der Waals surface area contributed by atoms with Crippen LogP contribution in [0.5, 0.6) is 0 Å². The monoisotopic (exact) mass is 412 g/mol. The molecule has 0 bridgehead atoms. The van der Waals surface area contributed by atoms with Gasteiger partial charge in [0.2, 0.25) is 0 Å². The van der Waals surface area contributed by atoms with Crippen LogP contribution in [-0.2, 0) is 13.6 Å². The van der Waals surface area contributed by atoms with E-state index in [4.69, 9.17) is 8.85 Å². The predicted molar refractivity (Wildman–Crippen MR) is 121 cm³/mol. The van der Waals surface area contributed by atoms with E-state index >= 15 is 0 Å². The van der Waals surface area contributed by atoms with Gasteiger partial charge in [0.15, 0.2) is 16.6 Å². The van der Waals surface area contributed by atoms with E-state index in [0.717, 1.165) is 12.8 Å². The largest absolute Gasteiger partial charge is 0.410 e. The Hall–Kier alpha value is -0.236. The smallest absolute Gasteiger partial charge is 0.192 e. The van der Waals surface area contributed by atoms with E-state index < -0.39 is 16.6 Å². The number of ketones is 1. The van der Waals surface area contributed by atoms with Gasteiger partial charge >= 0.3 is 0 Å². The van der Waals surface area contributed by atoms with Gasteiger partial charge < -0.3 is 8.85 Å². The lowest BCUT2D eigenvalue weighted by molar-refractivity contribution is -0.123. The van der Waals surface area contributed by atoms with Crippen molar-refractivity contribution in [3.8, 4) is 0 Å². The molecule has 0 heterocycles. The topological polar surface area (TPSA) is 35.5 Å². The Kier molecular flexibility index (Phi) is 7.94. The molecule has 1 rings (SSSR count). The second-order valence-electron chi connectivity index (χ2n) is 11.2. The first-order valence-electron chi connectivity index (χ1n) is 10.6. The summed E-state index contributed by atoms with van der Waals surface area (Å²) in [4.78, 5) is 12.6. The minimum absolute atomic E-state index is 0.117. The Morgan fingerprint density at radius 2 is 1.26 bits per heavy atom. The van der Waals surface area contributed by atoms with Crippen molar-refractivity contribution in [2.24, 2.45) is 0 Å². The molecule has 0 unspecified atom stereocenters. The summed E-state index contributed by atoms with van der Waals surface area (Å²) in [5.74, 6) is 0.274. The lowest BCUT2D eigenvalue weighted by atomic mass is 9.88. The van der Waals surface area contributed by atoms with Gasteiger partial charge in [0.05, 0.1) is 12.2 Å². The number of carbonyl (C=O) groups excluding carboxylic acids is 1. The zero-order valence-corrected chi connectivity index (χ0v) is 21.8. The first-order chi connectivity index (χ1) is 12.0. The number of hydrogen-bond acceptors (Lipinski definition) is 3. The molecular formula is C22H44O3Si2. The van der Waals surface area contributed by atoms with Crippen LogP contribution in [0.3, 0.4) is 0 Å². The Morgan fingerprint density at radius 3 is 1.56 bits per heavy atom. The van der Waals surface area contributed by atoms with Crippen molar-refractivity contribution < 1.29 is 13.6 Å². The number of unbranched alkanes of at least 4 members (excludes halogenated alkanes) is 1. The molecule has 5 heteroatoms. The van der Waals surface area contributed by atoms with Gasteiger partial charge in [0.25, 0.3) is 0 Å². The van der Waals surface area contributed by atoms with Crippen LogP contribution in [0.25, 0.3) is 0 Å². The van der Waals surface area contributed by atoms with Crippen LogP contribution in [0, 0.1) is 0 Å². The first kappa shape index (κ1) is 24.8. The molecule has 0 spiro atoms. The molecule has 1 fully saturated rings. The molecule has 1 aliphatic rings. The summed E-state index contributed by atoms with van der Waals surface area (Å²) in [7, 11) is -3.93. The van der Waals surface area contributed by atoms with Crippen molar-refractivity contribution in [3.63, 3.8) is 0 Å². The number of Topliss-reactive ketones (excluding diaryl/α,β-unsaturated/α-hetero) is 1. The Bertz CT molecular complexity index is 509. The zero-order valence-electron chi connectivity index (χ0n) is 19.8. The molecule has 0 N–H and O–H groups in total. The van der Waals surface area contributed by atoms with Crippen molar-refractivity contribution in [1.29, 1.82) is 0 Å². The molecule has 0 aromatic heterocycles. The lowest BCUT2D eigenvalue weighted by Gasteiger charge is -2.45. The van der Waals surface area contributed by atoms with Crippen LogP contribution in [0.2, 0.25) is 36.3 Å². The molecule has 0 saturated heterocycles. The van der Waals surface area contributed by atoms with Crippen molar-refractivity contribution >= 4 is 22.4 Å². The fraction of sp³-hybridized carbons (Fsp3) is 0.864. The molecular weight excluding hydrogens is 368 g/mol. The van der Waals surface area contributed by atoms with Crippen molar-refractivity contribution in [1.82, 2.24) is 0 Å². The predicted octanol–water partition coefficient (Wildman–Crippen LogP) is 6.86. The molecule has 27 heavy (non-hydrogen) atoms. The number of allylic oxidation sites excluding steroid dienone is 1. The van der Waals surface area contributed by atoms with E-state index in [1.54, 1.807) is 0 Å². The van der Waals surface area contributed by atoms with Crippen LogP contribution in [0.1, 0.15) is 74.1 Å². The van der Waals surface area contributed by atoms with Crippen molar-refractivity contribution in [2.45, 2.75) is 123 Å². The van der Waals surface area contributed by atoms with Crippen LogP contribution < -0.4 is 0 Å². The molecule has 3 nitrogen and oxygen atoms in total. The van der Waals surface area contributed by atoms with Gasteiger partial charge in [-0.1, -0.05) is 61.0 Å². The highest BCUT2D eigenvalue weighted by atomic mass is 28.4. The highest BCUT2D eigenvalue weighted by molar-refractivity contribution is 6.74. The third-order valence-electron chi connectivity index (χ3n) is 6.72. The Morgan fingerprint density at radius 1 is 0.889 bits per heavy atom. The maximum atomic E-state index is 12.6. The van der Waals surface area contributed by atoms with Crippen molar-refractivity contribution in [2.75, 3.05) is 0 Å². The van der Waals surface area contributed by atoms with Gasteiger partial charge in [-0.05, 0) is 48.3 Å². The van der Waals surface area contributed by atoms with Crippen molar-refractivity contribution in [3.05, 3.63) is 11.6 Å². The highest BCUT2D eigenvalue weighted by Gasteiger charge is 2.46. The van der Waals surface area contributed by atoms with E-state index in [-0.39, 0.29) is 28.1 Å². The summed E-state index contributed by atoms with van der Waals surface area (Å²) in [5, 5.41) is 0.248. The van der Waals surface area contributed by atoms with E-state index in [0.29, 0.717) is 12.8 Å². The maximum Gasteiger partial charge on any atom is 0.192 e. The molecule has 1 aliphatic carbocycles. The summed E-state index contributed by atoms with van der Waals surface area (Å²) in [5.41, 5.74) is 1.23. The molecule has 1 saturated carbocycles. The molecule has 0 aromatic rings. The van der Waals surface area contributed by atoms with E-state index in [9.17, 15) is 4.79 Å². The van der Waals surface area contributed by atoms with Gasteiger partial charge in [-0.25, -0.2) is 0 Å². The average molecular weight is 413 g/mol. The first-order valence-corrected chi connectivity index (χ1v) is 16.4. The average Bonchev–Trinajstić information content (AvgIpc) is 2.43. The van der Waals surface area contributed by atoms with E-state index in [2.05, 4.69) is 80.7 Å². The molecule has 2 atom stereocenters. The Balaban J connectivity index is 3.22. The number of rotatable bonds is 6. The minimum Gasteiger partial charge on any atom is -0.410 e. The van der Waals surface area contributed by atoms with E-state index in [1.165, 1.54) is 5.57 Å². The van der Waals surface area contributed by atoms with Crippen LogP contribution in [0.4, 0.5) is 0 Å². The third kappa shape index (κ3) is 6.38. The maximum absolute atomic E-state index is 12.6. The standard InChI is InChI=1S/C22H44O3Si2/c1-12-13-14-18-19(24-26(8,9)21(2,3)4)15-17(23)16-20(18)25-27(10,11)22(5,6)7/h14,19-20H,12-13,15-16H2,1-11H3/t19-,20+. The number of carbonyl (C=O) groups is 1. The Labute approximate surface area is 170 Å². The normalized spacial score (nSPS) is 24.6. The second-order valence-corrected chi connectivity index (χ2v) is 20.7. The van der Waals surface area contributed by atoms with Gasteiger partial charge in [-0.15, -0.1) is 0 Å². The summed E-state index contributed by atoms with van der Waals surface area (Å²) in [6.45, 7) is 24.8. The zero-order chi connectivity index (χ0) is 21.3. The molecule has 0 radical (unpaired) electrons. The summed E-state index contributed by atoms with van der Waals surface area (Å²) in [6, 6.07) is 0. The van der Waals surface area contributed by atoms with Gasteiger partial charge in [0, 0.05) is 12.8 Å². The fourth-order valence-electron chi connectivity index (χ4n) is 2.80. The summed E-state index contributed by atoms with van der Waals surface area (Å²) >= 11 is 0. The van der Waals surface area contributed by atoms with Crippen LogP contribution in [0.15, 0.2) is 11.6 Å². The summed E-state index contributed by atoms with van der Waals surface area (Å²) < 4.78 is 13.5. The minimum atomic E-state index is -1.97. The highest BCUT2D eigenvalue weighted by Crippen LogP contribution is 2.43. The fourth-order valence-corrected chi connectivity index (χ4v) is 5.37. The number of hydrogen-bond donors (Lipinski definition) is 0. The van der Waals surface area contributed by atoms with E-state index in [1.807, 2.05) is 0 Å². The molecule has 0 aliphatic heterocycles. The van der Waals surface area contributed by atoms with Gasteiger partial charge in [-0.3, -0.25) is 4.79 Å². The van der Waals surface area contributed by atoms with Gasteiger partial charge in [-0.2, -0.15) is 0 Å². The second kappa shape index (κ2) is 8.64. The van der Waals surface area contributed by atoms with Crippen LogP contribution in [-0.4, -0.2) is 34.6 Å². The van der Waals surface area contributed by atoms with Gasteiger partial charge in [0.1, 0.15) is 5.78 Å².